The molecular formula is C22H23N9O. The summed E-state index contributed by atoms with van der Waals surface area (Å²) in [4.78, 5) is 16.5. The molecule has 4 aromatic rings. The number of rotatable bonds is 3. The molecule has 0 fully saturated rings. The third-order valence-electron chi connectivity index (χ3n) is 5.04. The van der Waals surface area contributed by atoms with E-state index < -0.39 is 0 Å². The second kappa shape index (κ2) is 7.70. The average Bonchev–Trinajstić information content (AvgIpc) is 3.30. The van der Waals surface area contributed by atoms with Gasteiger partial charge in [0.1, 0.15) is 23.7 Å². The first-order valence-corrected chi connectivity index (χ1v) is 9.92. The molecule has 0 saturated heterocycles. The maximum Gasteiger partial charge on any atom is 0.324 e. The zero-order valence-electron chi connectivity index (χ0n) is 18.2. The minimum absolute atomic E-state index is 0.121. The van der Waals surface area contributed by atoms with Crippen LogP contribution in [0.5, 0.6) is 0 Å². The molecule has 0 aliphatic heterocycles. The van der Waals surface area contributed by atoms with Crippen molar-refractivity contribution in [3.8, 4) is 17.2 Å². The first-order chi connectivity index (χ1) is 15.2. The molecule has 3 heterocycles. The van der Waals surface area contributed by atoms with Gasteiger partial charge in [-0.1, -0.05) is 32.9 Å². The molecule has 0 unspecified atom stereocenters. The summed E-state index contributed by atoms with van der Waals surface area (Å²) in [5, 5.41) is 23.7. The van der Waals surface area contributed by atoms with Crippen molar-refractivity contribution in [1.29, 1.82) is 5.26 Å². The van der Waals surface area contributed by atoms with E-state index in [1.54, 1.807) is 42.2 Å². The van der Waals surface area contributed by atoms with Gasteiger partial charge in [0.2, 0.25) is 0 Å². The molecule has 0 saturated carbocycles. The highest BCUT2D eigenvalue weighted by Crippen LogP contribution is 2.32. The number of anilines is 3. The number of carbonyl (C=O) groups is 1. The molecule has 32 heavy (non-hydrogen) atoms. The van der Waals surface area contributed by atoms with Gasteiger partial charge in [0, 0.05) is 36.0 Å². The van der Waals surface area contributed by atoms with Crippen LogP contribution in [0.25, 0.3) is 16.6 Å². The summed E-state index contributed by atoms with van der Waals surface area (Å²) >= 11 is 0. The lowest BCUT2D eigenvalue weighted by Gasteiger charge is -2.13. The number of nitriles is 1. The number of amides is 2. The second-order valence-electron chi connectivity index (χ2n) is 8.41. The van der Waals surface area contributed by atoms with E-state index in [4.69, 9.17) is 5.73 Å². The van der Waals surface area contributed by atoms with Gasteiger partial charge in [0.25, 0.3) is 0 Å². The first kappa shape index (κ1) is 20.9. The molecule has 4 N–H and O–H groups in total. The summed E-state index contributed by atoms with van der Waals surface area (Å²) in [6.45, 7) is 6.19. The van der Waals surface area contributed by atoms with Crippen LogP contribution in [0.1, 0.15) is 32.0 Å². The molecule has 162 valence electrons. The lowest BCUT2D eigenvalue weighted by Crippen LogP contribution is -2.20. The molecule has 1 aromatic carbocycles. The Balaban J connectivity index is 1.55. The van der Waals surface area contributed by atoms with Gasteiger partial charge in [0.15, 0.2) is 5.82 Å². The largest absolute Gasteiger partial charge is 0.382 e. The number of aromatic nitrogens is 5. The van der Waals surface area contributed by atoms with Crippen LogP contribution in [0.15, 0.2) is 42.9 Å². The van der Waals surface area contributed by atoms with E-state index in [-0.39, 0.29) is 17.3 Å². The van der Waals surface area contributed by atoms with Gasteiger partial charge in [-0.15, -0.1) is 0 Å². The van der Waals surface area contributed by atoms with E-state index in [1.165, 1.54) is 10.8 Å². The van der Waals surface area contributed by atoms with E-state index in [2.05, 4.69) is 52.7 Å². The topological polar surface area (TPSA) is 139 Å². The molecule has 3 aromatic heterocycles. The van der Waals surface area contributed by atoms with Gasteiger partial charge in [-0.3, -0.25) is 10.00 Å². The number of nitrogens with zero attached hydrogens (tertiary/aromatic N) is 6. The minimum atomic E-state index is -0.383. The minimum Gasteiger partial charge on any atom is -0.382 e. The fraction of sp³-hybridized carbons (Fsp3) is 0.227. The standard InChI is InChI=1S/C22H23N9O/c1-22(2,3)16-9-17(30(4)29-16)28-21(32)27-15-7-5-13(6-8-15)18-14(10-23)11-31-19(18)20(24)25-12-26-31/h5-9,11-12H,1-4H3,(H2,24,25,26)(H2,27,28,32). The maximum atomic E-state index is 12.5. The molecule has 10 nitrogen and oxygen atoms in total. The summed E-state index contributed by atoms with van der Waals surface area (Å²) < 4.78 is 3.17. The molecule has 2 amide bonds. The number of urea groups is 1. The van der Waals surface area contributed by atoms with Crippen LogP contribution in [-0.4, -0.2) is 30.4 Å². The zero-order chi connectivity index (χ0) is 23.0. The second-order valence-corrected chi connectivity index (χ2v) is 8.41. The Kier molecular flexibility index (Phi) is 5.02. The van der Waals surface area contributed by atoms with Gasteiger partial charge in [0.05, 0.1) is 11.3 Å². The first-order valence-electron chi connectivity index (χ1n) is 9.92. The van der Waals surface area contributed by atoms with E-state index in [9.17, 15) is 10.1 Å². The van der Waals surface area contributed by atoms with Crippen LogP contribution in [0.2, 0.25) is 0 Å². The Hall–Kier alpha value is -4.39. The smallest absolute Gasteiger partial charge is 0.324 e. The Morgan fingerprint density at radius 1 is 1.19 bits per heavy atom. The summed E-state index contributed by atoms with van der Waals surface area (Å²) in [5.74, 6) is 0.877. The number of nitrogens with one attached hydrogen (secondary N) is 2. The third-order valence-corrected chi connectivity index (χ3v) is 5.04. The molecule has 10 heteroatoms. The predicted octanol–water partition coefficient (Wildman–Crippen LogP) is 3.53. The fourth-order valence-corrected chi connectivity index (χ4v) is 3.36. The van der Waals surface area contributed by atoms with Crippen LogP contribution in [-0.2, 0) is 12.5 Å². The van der Waals surface area contributed by atoms with E-state index in [0.717, 1.165) is 11.3 Å². The number of aryl methyl sites for hydroxylation is 1. The van der Waals surface area contributed by atoms with Crippen molar-refractivity contribution in [3.63, 3.8) is 0 Å². The number of hydrogen-bond donors (Lipinski definition) is 3. The van der Waals surface area contributed by atoms with Crippen molar-refractivity contribution >= 4 is 28.9 Å². The fourth-order valence-electron chi connectivity index (χ4n) is 3.36. The van der Waals surface area contributed by atoms with Crippen molar-refractivity contribution in [2.45, 2.75) is 26.2 Å². The normalized spacial score (nSPS) is 11.3. The van der Waals surface area contributed by atoms with E-state index >= 15 is 0 Å². The molecule has 0 radical (unpaired) electrons. The number of fused-ring (bicyclic) bond motifs is 1. The molecule has 0 bridgehead atoms. The summed E-state index contributed by atoms with van der Waals surface area (Å²) in [7, 11) is 1.78. The summed E-state index contributed by atoms with van der Waals surface area (Å²) in [6, 6.07) is 10.8. The SMILES string of the molecule is Cn1nc(C(C)(C)C)cc1NC(=O)Nc1ccc(-c2c(C#N)cn3ncnc(N)c23)cc1. The van der Waals surface area contributed by atoms with Gasteiger partial charge in [-0.05, 0) is 17.7 Å². The van der Waals surface area contributed by atoms with Crippen LogP contribution in [0.3, 0.4) is 0 Å². The van der Waals surface area contributed by atoms with Gasteiger partial charge in [-0.2, -0.15) is 15.5 Å². The molecule has 0 aliphatic rings. The van der Waals surface area contributed by atoms with Crippen molar-refractivity contribution in [3.05, 3.63) is 54.1 Å². The molecular weight excluding hydrogens is 406 g/mol. The number of hydrogen-bond acceptors (Lipinski definition) is 6. The summed E-state index contributed by atoms with van der Waals surface area (Å²) in [5.41, 5.74) is 9.78. The number of benzene rings is 1. The van der Waals surface area contributed by atoms with Crippen LogP contribution < -0.4 is 16.4 Å². The maximum absolute atomic E-state index is 12.5. The van der Waals surface area contributed by atoms with E-state index in [0.29, 0.717) is 28.1 Å². The molecule has 0 spiro atoms. The number of nitrogen functional groups attached to an aromatic ring is 1. The Bertz CT molecular complexity index is 1350. The Labute approximate surface area is 184 Å². The third kappa shape index (κ3) is 3.83. The van der Waals surface area contributed by atoms with Crippen LogP contribution in [0.4, 0.5) is 22.1 Å². The Morgan fingerprint density at radius 3 is 2.53 bits per heavy atom. The predicted molar refractivity (Wildman–Crippen MR) is 122 cm³/mol. The zero-order valence-corrected chi connectivity index (χ0v) is 18.2. The van der Waals surface area contributed by atoms with Crippen molar-refractivity contribution < 1.29 is 4.79 Å². The number of nitrogens with two attached hydrogens (primary N) is 1. The average molecular weight is 429 g/mol. The summed E-state index contributed by atoms with van der Waals surface area (Å²) in [6.07, 6.45) is 2.95. The van der Waals surface area contributed by atoms with Crippen molar-refractivity contribution in [2.24, 2.45) is 7.05 Å². The molecule has 4 rings (SSSR count). The van der Waals surface area contributed by atoms with Crippen molar-refractivity contribution in [1.82, 2.24) is 24.4 Å². The van der Waals surface area contributed by atoms with E-state index in [1.807, 2.05) is 6.07 Å². The van der Waals surface area contributed by atoms with Gasteiger partial charge < -0.3 is 11.1 Å². The Morgan fingerprint density at radius 2 is 1.91 bits per heavy atom. The number of carbonyl (C=O) groups excluding carboxylic acids is 1. The highest BCUT2D eigenvalue weighted by Gasteiger charge is 2.20. The quantitative estimate of drug-likeness (QED) is 0.455. The van der Waals surface area contributed by atoms with Gasteiger partial charge >= 0.3 is 6.03 Å². The molecule has 0 atom stereocenters. The van der Waals surface area contributed by atoms with Crippen LogP contribution in [0, 0.1) is 11.3 Å². The molecule has 0 aliphatic carbocycles. The van der Waals surface area contributed by atoms with Gasteiger partial charge in [-0.25, -0.2) is 14.3 Å². The van der Waals surface area contributed by atoms with Crippen molar-refractivity contribution in [2.75, 3.05) is 16.4 Å². The highest BCUT2D eigenvalue weighted by atomic mass is 16.2. The lowest BCUT2D eigenvalue weighted by atomic mass is 9.92. The van der Waals surface area contributed by atoms with Crippen LogP contribution >= 0.6 is 0 Å². The highest BCUT2D eigenvalue weighted by molar-refractivity contribution is 5.99. The lowest BCUT2D eigenvalue weighted by molar-refractivity contribution is 0.262. The monoisotopic (exact) mass is 429 g/mol.